The van der Waals surface area contributed by atoms with Crippen LogP contribution in [0.25, 0.3) is 0 Å². The third kappa shape index (κ3) is 3.23. The van der Waals surface area contributed by atoms with Gasteiger partial charge in [0.2, 0.25) is 0 Å². The predicted octanol–water partition coefficient (Wildman–Crippen LogP) is 3.90. The van der Waals surface area contributed by atoms with Crippen LogP contribution in [0.2, 0.25) is 0 Å². The molecule has 0 N–H and O–H groups in total. The van der Waals surface area contributed by atoms with E-state index >= 15 is 0 Å². The van der Waals surface area contributed by atoms with Gasteiger partial charge in [0.25, 0.3) is 0 Å². The zero-order valence-electron chi connectivity index (χ0n) is 11.6. The number of pyridine rings is 1. The molecule has 102 valence electrons. The number of rotatable bonds is 4. The molecule has 3 rings (SSSR count). The maximum atomic E-state index is 12.4. The Labute approximate surface area is 124 Å². The van der Waals surface area contributed by atoms with Gasteiger partial charge in [-0.3, -0.25) is 9.78 Å². The van der Waals surface area contributed by atoms with Crippen LogP contribution in [0.4, 0.5) is 0 Å². The maximum absolute atomic E-state index is 12.4. The first-order chi connectivity index (χ1) is 10.3. The molecule has 0 aliphatic rings. The normalized spacial score (nSPS) is 10.3. The molecule has 3 aromatic rings. The number of aromatic nitrogens is 1. The molecule has 0 aliphatic heterocycles. The molecule has 0 atom stereocenters. The highest BCUT2D eigenvalue weighted by Crippen LogP contribution is 2.13. The van der Waals surface area contributed by atoms with E-state index in [4.69, 9.17) is 0 Å². The van der Waals surface area contributed by atoms with Gasteiger partial charge in [0.05, 0.1) is 0 Å². The summed E-state index contributed by atoms with van der Waals surface area (Å²) >= 11 is 0. The Bertz CT molecular complexity index is 736. The molecular formula is C19H15NO. The predicted molar refractivity (Wildman–Crippen MR) is 83.4 cm³/mol. The van der Waals surface area contributed by atoms with Crippen molar-refractivity contribution in [2.75, 3.05) is 0 Å². The van der Waals surface area contributed by atoms with Crippen LogP contribution in [0.3, 0.4) is 0 Å². The first kappa shape index (κ1) is 13.3. The van der Waals surface area contributed by atoms with Gasteiger partial charge >= 0.3 is 0 Å². The van der Waals surface area contributed by atoms with E-state index in [1.165, 1.54) is 5.56 Å². The van der Waals surface area contributed by atoms with Gasteiger partial charge in [0, 0.05) is 29.4 Å². The zero-order valence-corrected chi connectivity index (χ0v) is 11.6. The molecule has 2 nitrogen and oxygen atoms in total. The summed E-state index contributed by atoms with van der Waals surface area (Å²) in [6.07, 6.45) is 2.44. The molecule has 0 saturated heterocycles. The monoisotopic (exact) mass is 273 g/mol. The third-order valence-electron chi connectivity index (χ3n) is 3.34. The van der Waals surface area contributed by atoms with Crippen LogP contribution < -0.4 is 0 Å². The number of ketones is 1. The molecule has 0 radical (unpaired) electrons. The van der Waals surface area contributed by atoms with E-state index in [9.17, 15) is 4.79 Å². The number of nitrogens with zero attached hydrogens (tertiary/aromatic N) is 1. The first-order valence-corrected chi connectivity index (χ1v) is 6.91. The van der Waals surface area contributed by atoms with Crippen molar-refractivity contribution in [1.29, 1.82) is 0 Å². The number of hydrogen-bond donors (Lipinski definition) is 0. The van der Waals surface area contributed by atoms with E-state index in [0.717, 1.165) is 12.1 Å². The summed E-state index contributed by atoms with van der Waals surface area (Å²) in [5.41, 5.74) is 3.48. The second kappa shape index (κ2) is 6.14. The van der Waals surface area contributed by atoms with E-state index < -0.39 is 0 Å². The second-order valence-electron chi connectivity index (χ2n) is 4.89. The first-order valence-electron chi connectivity index (χ1n) is 6.91. The van der Waals surface area contributed by atoms with Crippen molar-refractivity contribution < 1.29 is 4.79 Å². The van der Waals surface area contributed by atoms with Gasteiger partial charge in [0.15, 0.2) is 5.78 Å². The minimum absolute atomic E-state index is 0.0345. The van der Waals surface area contributed by atoms with Crippen molar-refractivity contribution in [3.63, 3.8) is 0 Å². The standard InChI is InChI=1S/C19H15NO/c21-19(16-9-5-2-6-10-16)17-11-12-20-18(14-17)13-15-7-3-1-4-8-15/h1-12,14H,13H2. The minimum Gasteiger partial charge on any atom is -0.289 e. The van der Waals surface area contributed by atoms with Crippen LogP contribution in [-0.4, -0.2) is 10.8 Å². The van der Waals surface area contributed by atoms with Crippen molar-refractivity contribution >= 4 is 5.78 Å². The molecule has 21 heavy (non-hydrogen) atoms. The summed E-state index contributed by atoms with van der Waals surface area (Å²) in [5.74, 6) is 0.0345. The molecular weight excluding hydrogens is 258 g/mol. The molecule has 0 saturated carbocycles. The van der Waals surface area contributed by atoms with Crippen molar-refractivity contribution in [2.45, 2.75) is 6.42 Å². The van der Waals surface area contributed by atoms with E-state index in [2.05, 4.69) is 17.1 Å². The zero-order chi connectivity index (χ0) is 14.5. The van der Waals surface area contributed by atoms with E-state index in [0.29, 0.717) is 11.1 Å². The molecule has 1 aromatic heterocycles. The topological polar surface area (TPSA) is 30.0 Å². The lowest BCUT2D eigenvalue weighted by atomic mass is 10.0. The fraction of sp³-hybridized carbons (Fsp3) is 0.0526. The van der Waals surface area contributed by atoms with Gasteiger partial charge in [0.1, 0.15) is 0 Å². The summed E-state index contributed by atoms with van der Waals surface area (Å²) in [6.45, 7) is 0. The van der Waals surface area contributed by atoms with Crippen molar-refractivity contribution in [3.8, 4) is 0 Å². The van der Waals surface area contributed by atoms with E-state index in [1.807, 2.05) is 54.6 Å². The van der Waals surface area contributed by atoms with Crippen LogP contribution in [0.15, 0.2) is 79.0 Å². The van der Waals surface area contributed by atoms with Gasteiger partial charge in [-0.1, -0.05) is 60.7 Å². The average molecular weight is 273 g/mol. The van der Waals surface area contributed by atoms with Crippen LogP contribution >= 0.6 is 0 Å². The highest BCUT2D eigenvalue weighted by Gasteiger charge is 2.09. The molecule has 0 fully saturated rings. The average Bonchev–Trinajstić information content (AvgIpc) is 2.56. The Morgan fingerprint density at radius 2 is 1.48 bits per heavy atom. The third-order valence-corrected chi connectivity index (χ3v) is 3.34. The van der Waals surface area contributed by atoms with Crippen molar-refractivity contribution in [3.05, 3.63) is 101 Å². The largest absolute Gasteiger partial charge is 0.289 e. The lowest BCUT2D eigenvalue weighted by Gasteiger charge is -2.04. The Kier molecular flexibility index (Phi) is 3.88. The quantitative estimate of drug-likeness (QED) is 0.675. The highest BCUT2D eigenvalue weighted by molar-refractivity contribution is 6.08. The number of carbonyl (C=O) groups excluding carboxylic acids is 1. The number of carbonyl (C=O) groups is 1. The smallest absolute Gasteiger partial charge is 0.193 e. The summed E-state index contributed by atoms with van der Waals surface area (Å²) in [5, 5.41) is 0. The summed E-state index contributed by atoms with van der Waals surface area (Å²) in [6, 6.07) is 23.1. The maximum Gasteiger partial charge on any atom is 0.193 e. The Hall–Kier alpha value is -2.74. The number of hydrogen-bond acceptors (Lipinski definition) is 2. The Morgan fingerprint density at radius 1 is 0.810 bits per heavy atom. The van der Waals surface area contributed by atoms with Gasteiger partial charge < -0.3 is 0 Å². The molecule has 0 bridgehead atoms. The summed E-state index contributed by atoms with van der Waals surface area (Å²) < 4.78 is 0. The molecule has 0 aliphatic carbocycles. The lowest BCUT2D eigenvalue weighted by molar-refractivity contribution is 0.103. The lowest BCUT2D eigenvalue weighted by Crippen LogP contribution is -2.03. The SMILES string of the molecule is O=C(c1ccccc1)c1ccnc(Cc2ccccc2)c1. The Morgan fingerprint density at radius 3 is 2.19 bits per heavy atom. The van der Waals surface area contributed by atoms with Crippen LogP contribution in [0.5, 0.6) is 0 Å². The minimum atomic E-state index is 0.0345. The second-order valence-corrected chi connectivity index (χ2v) is 4.89. The number of benzene rings is 2. The Balaban J connectivity index is 1.85. The van der Waals surface area contributed by atoms with Crippen LogP contribution in [0.1, 0.15) is 27.2 Å². The highest BCUT2D eigenvalue weighted by atomic mass is 16.1. The van der Waals surface area contributed by atoms with Crippen molar-refractivity contribution in [1.82, 2.24) is 4.98 Å². The summed E-state index contributed by atoms with van der Waals surface area (Å²) in [4.78, 5) is 16.8. The van der Waals surface area contributed by atoms with Crippen molar-refractivity contribution in [2.24, 2.45) is 0 Å². The van der Waals surface area contributed by atoms with Gasteiger partial charge in [-0.15, -0.1) is 0 Å². The van der Waals surface area contributed by atoms with Gasteiger partial charge in [-0.25, -0.2) is 0 Å². The van der Waals surface area contributed by atoms with Gasteiger partial charge in [-0.2, -0.15) is 0 Å². The van der Waals surface area contributed by atoms with E-state index in [1.54, 1.807) is 12.3 Å². The van der Waals surface area contributed by atoms with E-state index in [-0.39, 0.29) is 5.78 Å². The molecule has 1 heterocycles. The molecule has 2 heteroatoms. The summed E-state index contributed by atoms with van der Waals surface area (Å²) in [7, 11) is 0. The molecule has 0 spiro atoms. The molecule has 0 unspecified atom stereocenters. The molecule has 0 amide bonds. The van der Waals surface area contributed by atoms with Crippen LogP contribution in [-0.2, 0) is 6.42 Å². The van der Waals surface area contributed by atoms with Crippen LogP contribution in [0, 0.1) is 0 Å². The van der Waals surface area contributed by atoms with Gasteiger partial charge in [-0.05, 0) is 17.7 Å². The molecule has 2 aromatic carbocycles. The fourth-order valence-corrected chi connectivity index (χ4v) is 2.28. The fourth-order valence-electron chi connectivity index (χ4n) is 2.28.